The molecule has 114 valence electrons. The van der Waals surface area contributed by atoms with Crippen molar-refractivity contribution in [2.45, 2.75) is 16.2 Å². The summed E-state index contributed by atoms with van der Waals surface area (Å²) in [7, 11) is 0. The van der Waals surface area contributed by atoms with Crippen molar-refractivity contribution in [3.63, 3.8) is 0 Å². The number of ether oxygens (including phenoxy) is 2. The van der Waals surface area contributed by atoms with Gasteiger partial charge >= 0.3 is 0 Å². The highest BCUT2D eigenvalue weighted by Crippen LogP contribution is 2.25. The van der Waals surface area contributed by atoms with Gasteiger partial charge in [-0.15, -0.1) is 0 Å². The molecule has 1 N–H and O–H groups in total. The molecule has 3 heterocycles. The summed E-state index contributed by atoms with van der Waals surface area (Å²) in [6.45, 7) is 1.26. The van der Waals surface area contributed by atoms with Gasteiger partial charge in [-0.2, -0.15) is 0 Å². The van der Waals surface area contributed by atoms with E-state index < -0.39 is 6.10 Å². The highest BCUT2D eigenvalue weighted by atomic mass is 32.2. The molecule has 1 unspecified atom stereocenters. The second kappa shape index (κ2) is 7.35. The number of pyridine rings is 2. The molecular weight excluding hydrogens is 302 g/mol. The molecule has 6 nitrogen and oxygen atoms in total. The average molecular weight is 317 g/mol. The molecule has 1 aliphatic heterocycles. The Morgan fingerprint density at radius 1 is 1.18 bits per heavy atom. The number of aromatic nitrogens is 2. The zero-order valence-electron chi connectivity index (χ0n) is 11.8. The normalized spacial score (nSPS) is 17.9. The summed E-state index contributed by atoms with van der Waals surface area (Å²) in [4.78, 5) is 20.6. The summed E-state index contributed by atoms with van der Waals surface area (Å²) >= 11 is 1.43. The van der Waals surface area contributed by atoms with E-state index >= 15 is 0 Å². The smallest absolute Gasteiger partial charge is 0.255 e. The predicted molar refractivity (Wildman–Crippen MR) is 81.8 cm³/mol. The van der Waals surface area contributed by atoms with Gasteiger partial charge in [0.2, 0.25) is 0 Å². The van der Waals surface area contributed by atoms with E-state index in [1.54, 1.807) is 24.5 Å². The maximum absolute atomic E-state index is 12.1. The molecule has 2 aromatic rings. The van der Waals surface area contributed by atoms with Gasteiger partial charge in [-0.05, 0) is 24.3 Å². The van der Waals surface area contributed by atoms with E-state index in [2.05, 4.69) is 15.3 Å². The Morgan fingerprint density at radius 2 is 2.09 bits per heavy atom. The van der Waals surface area contributed by atoms with E-state index in [0.717, 1.165) is 10.1 Å². The van der Waals surface area contributed by atoms with Crippen molar-refractivity contribution < 1.29 is 14.3 Å². The number of carbonyl (C=O) groups is 1. The lowest BCUT2D eigenvalue weighted by Crippen LogP contribution is -2.39. The standard InChI is InChI=1S/C15H15N3O3S/c19-15(12-10-20-7-8-21-12)18-11-4-6-17-14(9-11)22-13-3-1-2-5-16-13/h1-6,9,12H,7-8,10H2,(H,17,18,19). The minimum Gasteiger partial charge on any atom is -0.376 e. The Hall–Kier alpha value is -1.96. The molecule has 2 aromatic heterocycles. The second-order valence-electron chi connectivity index (χ2n) is 4.58. The Kier molecular flexibility index (Phi) is 4.99. The van der Waals surface area contributed by atoms with Gasteiger partial charge in [0, 0.05) is 18.1 Å². The minimum absolute atomic E-state index is 0.209. The topological polar surface area (TPSA) is 73.3 Å². The van der Waals surface area contributed by atoms with Crippen molar-refractivity contribution in [3.05, 3.63) is 42.7 Å². The van der Waals surface area contributed by atoms with Crippen LogP contribution in [0.4, 0.5) is 5.69 Å². The molecular formula is C15H15N3O3S. The van der Waals surface area contributed by atoms with Crippen LogP contribution in [0.1, 0.15) is 0 Å². The average Bonchev–Trinajstić information content (AvgIpc) is 2.57. The monoisotopic (exact) mass is 317 g/mol. The molecule has 22 heavy (non-hydrogen) atoms. The van der Waals surface area contributed by atoms with Crippen molar-refractivity contribution >= 4 is 23.4 Å². The number of rotatable bonds is 4. The molecule has 0 spiro atoms. The summed E-state index contributed by atoms with van der Waals surface area (Å²) in [5.41, 5.74) is 0.674. The molecule has 1 aliphatic rings. The first kappa shape index (κ1) is 15.0. The highest BCUT2D eigenvalue weighted by Gasteiger charge is 2.22. The maximum atomic E-state index is 12.1. The molecule has 1 amide bonds. The number of carbonyl (C=O) groups excluding carboxylic acids is 1. The molecule has 0 aromatic carbocycles. The van der Waals surface area contributed by atoms with Crippen LogP contribution >= 0.6 is 11.8 Å². The first-order chi connectivity index (χ1) is 10.8. The first-order valence-corrected chi connectivity index (χ1v) is 7.68. The van der Waals surface area contributed by atoms with Crippen LogP contribution in [0, 0.1) is 0 Å². The Labute approximate surface area is 132 Å². The summed E-state index contributed by atoms with van der Waals surface area (Å²) in [5, 5.41) is 4.43. The van der Waals surface area contributed by atoms with Gasteiger partial charge in [-0.3, -0.25) is 4.79 Å². The van der Waals surface area contributed by atoms with E-state index in [0.29, 0.717) is 18.9 Å². The number of hydrogen-bond donors (Lipinski definition) is 1. The third-order valence-electron chi connectivity index (χ3n) is 2.96. The van der Waals surface area contributed by atoms with Crippen molar-refractivity contribution in [1.82, 2.24) is 9.97 Å². The lowest BCUT2D eigenvalue weighted by Gasteiger charge is -2.22. The van der Waals surface area contributed by atoms with E-state index in [1.165, 1.54) is 11.8 Å². The van der Waals surface area contributed by atoms with Crippen molar-refractivity contribution in [1.29, 1.82) is 0 Å². The van der Waals surface area contributed by atoms with E-state index in [9.17, 15) is 4.79 Å². The summed E-state index contributed by atoms with van der Waals surface area (Å²) < 4.78 is 10.6. The second-order valence-corrected chi connectivity index (χ2v) is 5.62. The zero-order valence-corrected chi connectivity index (χ0v) is 12.6. The van der Waals surface area contributed by atoms with E-state index in [1.807, 2.05) is 18.2 Å². The summed E-state index contributed by atoms with van der Waals surface area (Å²) in [6.07, 6.45) is 2.82. The van der Waals surface area contributed by atoms with Crippen molar-refractivity contribution in [2.75, 3.05) is 25.1 Å². The molecule has 7 heteroatoms. The largest absolute Gasteiger partial charge is 0.376 e. The quantitative estimate of drug-likeness (QED) is 0.929. The van der Waals surface area contributed by atoms with Gasteiger partial charge < -0.3 is 14.8 Å². The number of amides is 1. The Bertz CT molecular complexity index is 633. The van der Waals surface area contributed by atoms with Crippen LogP contribution in [0.3, 0.4) is 0 Å². The lowest BCUT2D eigenvalue weighted by molar-refractivity contribution is -0.142. The first-order valence-electron chi connectivity index (χ1n) is 6.86. The van der Waals surface area contributed by atoms with Crippen LogP contribution in [0.2, 0.25) is 0 Å². The van der Waals surface area contributed by atoms with Crippen LogP contribution in [0.15, 0.2) is 52.8 Å². The minimum atomic E-state index is -0.561. The Morgan fingerprint density at radius 3 is 2.86 bits per heavy atom. The lowest BCUT2D eigenvalue weighted by atomic mass is 10.3. The molecule has 1 atom stereocenters. The summed E-state index contributed by atoms with van der Waals surface area (Å²) in [6, 6.07) is 9.23. The van der Waals surface area contributed by atoms with Crippen LogP contribution in [0.25, 0.3) is 0 Å². The van der Waals surface area contributed by atoms with Crippen LogP contribution in [-0.4, -0.2) is 41.8 Å². The van der Waals surface area contributed by atoms with Gasteiger partial charge in [0.1, 0.15) is 10.1 Å². The molecule has 0 aliphatic carbocycles. The fourth-order valence-corrected chi connectivity index (χ4v) is 2.69. The third kappa shape index (κ3) is 4.03. The van der Waals surface area contributed by atoms with Gasteiger partial charge in [-0.1, -0.05) is 17.8 Å². The van der Waals surface area contributed by atoms with E-state index in [4.69, 9.17) is 9.47 Å². The molecule has 1 saturated heterocycles. The number of hydrogen-bond acceptors (Lipinski definition) is 6. The molecule has 0 bridgehead atoms. The molecule has 0 saturated carbocycles. The van der Waals surface area contributed by atoms with Gasteiger partial charge in [-0.25, -0.2) is 9.97 Å². The fraction of sp³-hybridized carbons (Fsp3) is 0.267. The fourth-order valence-electron chi connectivity index (χ4n) is 1.92. The zero-order chi connectivity index (χ0) is 15.2. The van der Waals surface area contributed by atoms with Crippen LogP contribution in [0.5, 0.6) is 0 Å². The van der Waals surface area contributed by atoms with E-state index in [-0.39, 0.29) is 12.5 Å². The number of nitrogens with zero attached hydrogens (tertiary/aromatic N) is 2. The van der Waals surface area contributed by atoms with Gasteiger partial charge in [0.05, 0.1) is 19.8 Å². The predicted octanol–water partition coefficient (Wildman–Crippen LogP) is 1.98. The summed E-state index contributed by atoms with van der Waals surface area (Å²) in [5.74, 6) is -0.209. The number of nitrogens with one attached hydrogen (secondary N) is 1. The molecule has 0 radical (unpaired) electrons. The number of anilines is 1. The SMILES string of the molecule is O=C(Nc1ccnc(Sc2ccccn2)c1)C1COCCO1. The van der Waals surface area contributed by atoms with Crippen molar-refractivity contribution in [3.8, 4) is 0 Å². The maximum Gasteiger partial charge on any atom is 0.255 e. The highest BCUT2D eigenvalue weighted by molar-refractivity contribution is 7.99. The third-order valence-corrected chi connectivity index (χ3v) is 3.84. The van der Waals surface area contributed by atoms with Crippen LogP contribution < -0.4 is 5.32 Å². The van der Waals surface area contributed by atoms with Crippen molar-refractivity contribution in [2.24, 2.45) is 0 Å². The molecule has 3 rings (SSSR count). The van der Waals surface area contributed by atoms with Gasteiger partial charge in [0.25, 0.3) is 5.91 Å². The van der Waals surface area contributed by atoms with Gasteiger partial charge in [0.15, 0.2) is 6.10 Å². The molecule has 1 fully saturated rings. The Balaban J connectivity index is 1.64. The van der Waals surface area contributed by atoms with Crippen LogP contribution in [-0.2, 0) is 14.3 Å².